The molecule has 0 atom stereocenters. The fourth-order valence-electron chi connectivity index (χ4n) is 2.58. The van der Waals surface area contributed by atoms with E-state index >= 15 is 0 Å². The average molecular weight is 346 g/mol. The van der Waals surface area contributed by atoms with Gasteiger partial charge in [-0.1, -0.05) is 18.2 Å². The first-order valence-electron chi connectivity index (χ1n) is 7.90. The highest BCUT2D eigenvalue weighted by atomic mass is 16.2. The van der Waals surface area contributed by atoms with E-state index in [1.807, 2.05) is 12.1 Å². The molecule has 8 nitrogen and oxygen atoms in total. The van der Waals surface area contributed by atoms with Gasteiger partial charge in [-0.15, -0.1) is 0 Å². The minimum Gasteiger partial charge on any atom is -0.323 e. The van der Waals surface area contributed by atoms with Crippen LogP contribution in [0.4, 0.5) is 5.69 Å². The molecule has 0 bridgehead atoms. The Bertz CT molecular complexity index is 1120. The Labute approximate surface area is 147 Å². The van der Waals surface area contributed by atoms with Gasteiger partial charge in [0.05, 0.1) is 23.5 Å². The number of hydrogen-bond acceptors (Lipinski definition) is 5. The molecule has 0 spiro atoms. The molecule has 128 valence electrons. The lowest BCUT2D eigenvalue weighted by atomic mass is 10.2. The number of pyridine rings is 1. The lowest BCUT2D eigenvalue weighted by molar-refractivity contribution is -0.117. The fourth-order valence-corrected chi connectivity index (χ4v) is 2.58. The van der Waals surface area contributed by atoms with Crippen molar-refractivity contribution >= 4 is 22.4 Å². The van der Waals surface area contributed by atoms with Crippen molar-refractivity contribution in [2.24, 2.45) is 0 Å². The Balaban J connectivity index is 1.49. The van der Waals surface area contributed by atoms with E-state index in [-0.39, 0.29) is 18.0 Å². The zero-order chi connectivity index (χ0) is 17.9. The van der Waals surface area contributed by atoms with Crippen LogP contribution < -0.4 is 10.9 Å². The van der Waals surface area contributed by atoms with E-state index in [2.05, 4.69) is 20.4 Å². The largest absolute Gasteiger partial charge is 0.323 e. The number of rotatable bonds is 4. The molecule has 8 heteroatoms. The van der Waals surface area contributed by atoms with Gasteiger partial charge in [-0.05, 0) is 18.2 Å². The molecule has 4 rings (SSSR count). The van der Waals surface area contributed by atoms with Crippen molar-refractivity contribution in [1.82, 2.24) is 24.3 Å². The van der Waals surface area contributed by atoms with Gasteiger partial charge in [0.2, 0.25) is 5.91 Å². The maximum absolute atomic E-state index is 12.4. The molecule has 1 N–H and O–H groups in total. The molecule has 0 saturated carbocycles. The summed E-state index contributed by atoms with van der Waals surface area (Å²) in [5.74, 6) is 0.333. The van der Waals surface area contributed by atoms with Crippen molar-refractivity contribution in [2.75, 3.05) is 5.32 Å². The predicted molar refractivity (Wildman–Crippen MR) is 96.0 cm³/mol. The Kier molecular flexibility index (Phi) is 3.98. The van der Waals surface area contributed by atoms with Crippen molar-refractivity contribution in [3.8, 4) is 5.82 Å². The number of nitrogens with one attached hydrogen (secondary N) is 1. The summed E-state index contributed by atoms with van der Waals surface area (Å²) in [5.41, 5.74) is 0.236. The smallest absolute Gasteiger partial charge is 0.275 e. The lowest BCUT2D eigenvalue weighted by Crippen LogP contribution is -2.29. The van der Waals surface area contributed by atoms with Crippen LogP contribution in [-0.2, 0) is 11.3 Å². The van der Waals surface area contributed by atoms with E-state index in [0.29, 0.717) is 16.9 Å². The van der Waals surface area contributed by atoms with Gasteiger partial charge in [-0.25, -0.2) is 14.6 Å². The molecular formula is C18H14N6O2. The molecule has 3 heterocycles. The molecule has 0 unspecified atom stereocenters. The lowest BCUT2D eigenvalue weighted by Gasteiger charge is -2.08. The van der Waals surface area contributed by atoms with Gasteiger partial charge < -0.3 is 5.32 Å². The van der Waals surface area contributed by atoms with Crippen LogP contribution in [0.15, 0.2) is 72.3 Å². The van der Waals surface area contributed by atoms with E-state index in [1.165, 1.54) is 0 Å². The maximum atomic E-state index is 12.4. The zero-order valence-electron chi connectivity index (χ0n) is 13.6. The highest BCUT2D eigenvalue weighted by molar-refractivity contribution is 5.90. The standard InChI is InChI=1S/C18H14N6O2/c25-17(11-24-18(26)15-4-2-1-3-13(15)9-21-24)22-14-5-6-16(20-10-14)23-8-7-19-12-23/h1-10,12H,11H2,(H,22,25). The van der Waals surface area contributed by atoms with Crippen LogP contribution >= 0.6 is 0 Å². The maximum Gasteiger partial charge on any atom is 0.275 e. The molecule has 0 fully saturated rings. The van der Waals surface area contributed by atoms with Crippen molar-refractivity contribution in [3.05, 3.63) is 77.9 Å². The topological polar surface area (TPSA) is 94.7 Å². The highest BCUT2D eigenvalue weighted by Gasteiger charge is 2.09. The van der Waals surface area contributed by atoms with Gasteiger partial charge in [0.1, 0.15) is 18.7 Å². The molecule has 4 aromatic rings. The van der Waals surface area contributed by atoms with E-state index < -0.39 is 0 Å². The Morgan fingerprint density at radius 3 is 2.77 bits per heavy atom. The molecule has 0 aliphatic rings. The molecule has 0 aliphatic heterocycles. The first-order valence-corrected chi connectivity index (χ1v) is 7.90. The Hall–Kier alpha value is -3.81. The third-order valence-corrected chi connectivity index (χ3v) is 3.86. The summed E-state index contributed by atoms with van der Waals surface area (Å²) in [4.78, 5) is 32.8. The molecule has 26 heavy (non-hydrogen) atoms. The van der Waals surface area contributed by atoms with Gasteiger partial charge in [0, 0.05) is 17.8 Å². The number of imidazole rings is 1. The van der Waals surface area contributed by atoms with Crippen LogP contribution in [0.5, 0.6) is 0 Å². The summed E-state index contributed by atoms with van der Waals surface area (Å²) in [6, 6.07) is 10.6. The number of benzene rings is 1. The summed E-state index contributed by atoms with van der Waals surface area (Å²) in [6.07, 6.45) is 8.19. The molecule has 0 saturated heterocycles. The van der Waals surface area contributed by atoms with Crippen molar-refractivity contribution in [2.45, 2.75) is 6.54 Å². The summed E-state index contributed by atoms with van der Waals surface area (Å²) in [5, 5.41) is 8.04. The van der Waals surface area contributed by atoms with E-state index in [4.69, 9.17) is 0 Å². The summed E-state index contributed by atoms with van der Waals surface area (Å²) >= 11 is 0. The van der Waals surface area contributed by atoms with Crippen LogP contribution in [0, 0.1) is 0 Å². The quantitative estimate of drug-likeness (QED) is 0.606. The second-order valence-corrected chi connectivity index (χ2v) is 5.62. The van der Waals surface area contributed by atoms with Crippen LogP contribution in [0.3, 0.4) is 0 Å². The van der Waals surface area contributed by atoms with Gasteiger partial charge in [0.15, 0.2) is 0 Å². The second kappa shape index (κ2) is 6.60. The molecule has 0 aliphatic carbocycles. The summed E-state index contributed by atoms with van der Waals surface area (Å²) in [6.45, 7) is -0.174. The third kappa shape index (κ3) is 3.07. The zero-order valence-corrected chi connectivity index (χ0v) is 13.6. The van der Waals surface area contributed by atoms with E-state index in [1.54, 1.807) is 59.9 Å². The van der Waals surface area contributed by atoms with Crippen molar-refractivity contribution in [1.29, 1.82) is 0 Å². The van der Waals surface area contributed by atoms with Gasteiger partial charge in [-0.3, -0.25) is 14.2 Å². The molecular weight excluding hydrogens is 332 g/mol. The predicted octanol–water partition coefficient (Wildman–Crippen LogP) is 1.62. The normalized spacial score (nSPS) is 10.8. The third-order valence-electron chi connectivity index (χ3n) is 3.86. The Morgan fingerprint density at radius 1 is 1.12 bits per heavy atom. The Morgan fingerprint density at radius 2 is 2.00 bits per heavy atom. The number of anilines is 1. The van der Waals surface area contributed by atoms with Crippen LogP contribution in [0.2, 0.25) is 0 Å². The number of hydrogen-bond donors (Lipinski definition) is 1. The number of nitrogens with zero attached hydrogens (tertiary/aromatic N) is 5. The SMILES string of the molecule is O=C(Cn1ncc2ccccc2c1=O)Nc1ccc(-n2ccnc2)nc1. The number of amides is 1. The van der Waals surface area contributed by atoms with Gasteiger partial charge >= 0.3 is 0 Å². The average Bonchev–Trinajstić information content (AvgIpc) is 3.20. The van der Waals surface area contributed by atoms with Crippen LogP contribution in [-0.4, -0.2) is 30.2 Å². The van der Waals surface area contributed by atoms with Gasteiger partial charge in [0.25, 0.3) is 5.56 Å². The number of aromatic nitrogens is 5. The summed E-state index contributed by atoms with van der Waals surface area (Å²) < 4.78 is 2.90. The van der Waals surface area contributed by atoms with E-state index in [9.17, 15) is 9.59 Å². The monoisotopic (exact) mass is 346 g/mol. The molecule has 3 aromatic heterocycles. The first kappa shape index (κ1) is 15.7. The van der Waals surface area contributed by atoms with Crippen LogP contribution in [0.1, 0.15) is 0 Å². The summed E-state index contributed by atoms with van der Waals surface area (Å²) in [7, 11) is 0. The minimum atomic E-state index is -0.355. The number of carbonyl (C=O) groups is 1. The highest BCUT2D eigenvalue weighted by Crippen LogP contribution is 2.10. The molecule has 0 radical (unpaired) electrons. The number of carbonyl (C=O) groups excluding carboxylic acids is 1. The second-order valence-electron chi connectivity index (χ2n) is 5.62. The minimum absolute atomic E-state index is 0.174. The molecule has 1 amide bonds. The van der Waals surface area contributed by atoms with Gasteiger partial charge in [-0.2, -0.15) is 5.10 Å². The van der Waals surface area contributed by atoms with Crippen LogP contribution in [0.25, 0.3) is 16.6 Å². The van der Waals surface area contributed by atoms with E-state index in [0.717, 1.165) is 10.1 Å². The van der Waals surface area contributed by atoms with Crippen molar-refractivity contribution < 1.29 is 4.79 Å². The number of fused-ring (bicyclic) bond motifs is 1. The first-order chi connectivity index (χ1) is 12.7. The fraction of sp³-hybridized carbons (Fsp3) is 0.0556. The van der Waals surface area contributed by atoms with Crippen molar-refractivity contribution in [3.63, 3.8) is 0 Å². The molecule has 1 aromatic carbocycles.